The summed E-state index contributed by atoms with van der Waals surface area (Å²) in [5, 5.41) is 2.67. The fourth-order valence-corrected chi connectivity index (χ4v) is 2.34. The smallest absolute Gasteiger partial charge is 0.405 e. The summed E-state index contributed by atoms with van der Waals surface area (Å²) in [5.74, 6) is -0.784. The van der Waals surface area contributed by atoms with Gasteiger partial charge in [-0.15, -0.1) is 13.2 Å². The van der Waals surface area contributed by atoms with Crippen LogP contribution in [0.4, 0.5) is 22.4 Å². The molecule has 0 aliphatic carbocycles. The van der Waals surface area contributed by atoms with E-state index in [0.717, 1.165) is 0 Å². The number of ether oxygens (including phenoxy) is 1. The molecule has 0 bridgehead atoms. The van der Waals surface area contributed by atoms with Gasteiger partial charge in [0.2, 0.25) is 0 Å². The molecule has 4 nitrogen and oxygen atoms in total. The van der Waals surface area contributed by atoms with E-state index in [0.29, 0.717) is 5.56 Å². The molecule has 1 unspecified atom stereocenters. The topological polar surface area (TPSA) is 41.6 Å². The van der Waals surface area contributed by atoms with Crippen LogP contribution in [0, 0.1) is 5.82 Å². The Morgan fingerprint density at radius 2 is 1.88 bits per heavy atom. The number of alkyl halides is 3. The highest BCUT2D eigenvalue weighted by Crippen LogP contribution is 2.27. The molecule has 0 heterocycles. The van der Waals surface area contributed by atoms with Crippen LogP contribution < -0.4 is 10.1 Å². The predicted molar refractivity (Wildman–Crippen MR) is 87.9 cm³/mol. The molecule has 0 saturated heterocycles. The lowest BCUT2D eigenvalue weighted by molar-refractivity contribution is -0.275. The Labute approximate surface area is 148 Å². The number of nitrogens with one attached hydrogen (secondary N) is 1. The van der Waals surface area contributed by atoms with Crippen LogP contribution in [0.2, 0.25) is 0 Å². The van der Waals surface area contributed by atoms with Crippen LogP contribution in [0.25, 0.3) is 0 Å². The summed E-state index contributed by atoms with van der Waals surface area (Å²) in [4.78, 5) is 13.5. The van der Waals surface area contributed by atoms with Gasteiger partial charge in [0, 0.05) is 12.6 Å². The second-order valence-corrected chi connectivity index (χ2v) is 5.74. The molecular weight excluding hydrogens is 352 g/mol. The lowest BCUT2D eigenvalue weighted by Crippen LogP contribution is -2.38. The zero-order valence-corrected chi connectivity index (χ0v) is 14.2. The average molecular weight is 370 g/mol. The highest BCUT2D eigenvalue weighted by atomic mass is 19.4. The number of carbonyl (C=O) groups excluding carboxylic acids is 1. The monoisotopic (exact) mass is 370 g/mol. The molecule has 8 heteroatoms. The van der Waals surface area contributed by atoms with Crippen LogP contribution in [-0.2, 0) is 6.54 Å². The molecule has 0 radical (unpaired) electrons. The standard InChI is InChI=1S/C18H18F4N2O2/c1-12(13-7-5-8-15(19)10-13)23-17(25)24(2)11-14-6-3-4-9-16(14)26-18(20,21)22/h3-10,12H,11H2,1-2H3,(H,23,25). The Balaban J connectivity index is 2.03. The van der Waals surface area contributed by atoms with E-state index < -0.39 is 24.3 Å². The van der Waals surface area contributed by atoms with Crippen molar-refractivity contribution in [3.8, 4) is 5.75 Å². The summed E-state index contributed by atoms with van der Waals surface area (Å²) in [6.07, 6.45) is -4.82. The average Bonchev–Trinajstić information content (AvgIpc) is 2.55. The second-order valence-electron chi connectivity index (χ2n) is 5.74. The highest BCUT2D eigenvalue weighted by Gasteiger charge is 2.32. The van der Waals surface area contributed by atoms with E-state index >= 15 is 0 Å². The van der Waals surface area contributed by atoms with Gasteiger partial charge in [0.05, 0.1) is 12.6 Å². The summed E-state index contributed by atoms with van der Waals surface area (Å²) >= 11 is 0. The van der Waals surface area contributed by atoms with Crippen molar-refractivity contribution in [1.82, 2.24) is 10.2 Å². The zero-order valence-electron chi connectivity index (χ0n) is 14.2. The molecule has 2 amide bonds. The minimum atomic E-state index is -4.82. The Morgan fingerprint density at radius 3 is 2.54 bits per heavy atom. The summed E-state index contributed by atoms with van der Waals surface area (Å²) in [7, 11) is 1.44. The van der Waals surface area contributed by atoms with Gasteiger partial charge in [-0.3, -0.25) is 0 Å². The molecule has 2 aromatic rings. The number of para-hydroxylation sites is 1. The van der Waals surface area contributed by atoms with E-state index in [4.69, 9.17) is 0 Å². The van der Waals surface area contributed by atoms with E-state index in [1.165, 1.54) is 48.3 Å². The largest absolute Gasteiger partial charge is 0.573 e. The third-order valence-electron chi connectivity index (χ3n) is 3.64. The van der Waals surface area contributed by atoms with Crippen LogP contribution in [0.3, 0.4) is 0 Å². The van der Waals surface area contributed by atoms with Crippen LogP contribution in [0.1, 0.15) is 24.1 Å². The maximum absolute atomic E-state index is 13.3. The lowest BCUT2D eigenvalue weighted by atomic mass is 10.1. The third-order valence-corrected chi connectivity index (χ3v) is 3.64. The number of urea groups is 1. The molecule has 26 heavy (non-hydrogen) atoms. The molecular formula is C18H18F4N2O2. The summed E-state index contributed by atoms with van der Waals surface area (Å²) in [6, 6.07) is 10.4. The first-order valence-corrected chi connectivity index (χ1v) is 7.76. The molecule has 140 valence electrons. The van der Waals surface area contributed by atoms with E-state index in [-0.39, 0.29) is 17.9 Å². The fourth-order valence-electron chi connectivity index (χ4n) is 2.34. The molecule has 0 aliphatic rings. The fraction of sp³-hybridized carbons (Fsp3) is 0.278. The molecule has 2 aromatic carbocycles. The maximum Gasteiger partial charge on any atom is 0.573 e. The molecule has 0 spiro atoms. The number of amides is 2. The Bertz CT molecular complexity index is 765. The van der Waals surface area contributed by atoms with Gasteiger partial charge in [0.25, 0.3) is 0 Å². The number of rotatable bonds is 5. The SMILES string of the molecule is CC(NC(=O)N(C)Cc1ccccc1OC(F)(F)F)c1cccc(F)c1. The molecule has 1 atom stereocenters. The molecule has 0 aliphatic heterocycles. The number of hydrogen-bond acceptors (Lipinski definition) is 2. The van der Waals surface area contributed by atoms with Crippen molar-refractivity contribution in [1.29, 1.82) is 0 Å². The molecule has 1 N–H and O–H groups in total. The zero-order chi connectivity index (χ0) is 19.3. The van der Waals surface area contributed by atoms with Gasteiger partial charge in [-0.2, -0.15) is 0 Å². The minimum Gasteiger partial charge on any atom is -0.405 e. The number of benzene rings is 2. The third kappa shape index (κ3) is 5.65. The minimum absolute atomic E-state index is 0.0893. The first-order chi connectivity index (χ1) is 12.2. The van der Waals surface area contributed by atoms with Gasteiger partial charge in [-0.1, -0.05) is 30.3 Å². The van der Waals surface area contributed by atoms with Gasteiger partial charge < -0.3 is 15.0 Å². The van der Waals surface area contributed by atoms with Gasteiger partial charge in [0.1, 0.15) is 11.6 Å². The van der Waals surface area contributed by atoms with Crippen LogP contribution >= 0.6 is 0 Å². The Kier molecular flexibility index (Phi) is 6.07. The number of hydrogen-bond donors (Lipinski definition) is 1. The summed E-state index contributed by atoms with van der Waals surface area (Å²) < 4.78 is 54.6. The quantitative estimate of drug-likeness (QED) is 0.780. The van der Waals surface area contributed by atoms with E-state index in [2.05, 4.69) is 10.1 Å². The van der Waals surface area contributed by atoms with Crippen molar-refractivity contribution in [2.24, 2.45) is 0 Å². The molecule has 2 rings (SSSR count). The van der Waals surface area contributed by atoms with E-state index in [9.17, 15) is 22.4 Å². The van der Waals surface area contributed by atoms with Crippen LogP contribution in [0.15, 0.2) is 48.5 Å². The van der Waals surface area contributed by atoms with Crippen molar-refractivity contribution in [3.05, 3.63) is 65.5 Å². The van der Waals surface area contributed by atoms with E-state index in [1.807, 2.05) is 0 Å². The number of nitrogens with zero attached hydrogens (tertiary/aromatic N) is 1. The van der Waals surface area contributed by atoms with Crippen molar-refractivity contribution in [2.45, 2.75) is 25.9 Å². The summed E-state index contributed by atoms with van der Waals surface area (Å²) in [6.45, 7) is 1.59. The molecule has 0 aromatic heterocycles. The van der Waals surface area contributed by atoms with Gasteiger partial charge in [-0.25, -0.2) is 9.18 Å². The maximum atomic E-state index is 13.3. The lowest BCUT2D eigenvalue weighted by Gasteiger charge is -2.23. The first kappa shape index (κ1) is 19.6. The van der Waals surface area contributed by atoms with Crippen LogP contribution in [0.5, 0.6) is 5.75 Å². The highest BCUT2D eigenvalue weighted by molar-refractivity contribution is 5.74. The van der Waals surface area contributed by atoms with Gasteiger partial charge in [-0.05, 0) is 30.7 Å². The Hall–Kier alpha value is -2.77. The van der Waals surface area contributed by atoms with Crippen molar-refractivity contribution >= 4 is 6.03 Å². The van der Waals surface area contributed by atoms with Gasteiger partial charge >= 0.3 is 12.4 Å². The van der Waals surface area contributed by atoms with Crippen molar-refractivity contribution in [2.75, 3.05) is 7.05 Å². The molecule has 0 fully saturated rings. The van der Waals surface area contributed by atoms with Crippen LogP contribution in [-0.4, -0.2) is 24.3 Å². The Morgan fingerprint density at radius 1 is 1.19 bits per heavy atom. The number of carbonyl (C=O) groups is 1. The molecule has 0 saturated carbocycles. The first-order valence-electron chi connectivity index (χ1n) is 7.76. The second kappa shape index (κ2) is 8.07. The van der Waals surface area contributed by atoms with Crippen molar-refractivity contribution in [3.63, 3.8) is 0 Å². The van der Waals surface area contributed by atoms with Gasteiger partial charge in [0.15, 0.2) is 0 Å². The van der Waals surface area contributed by atoms with Crippen molar-refractivity contribution < 1.29 is 27.1 Å². The number of halogens is 4. The predicted octanol–water partition coefficient (Wildman–Crippen LogP) is 4.63. The van der Waals surface area contributed by atoms with E-state index in [1.54, 1.807) is 19.1 Å². The normalized spacial score (nSPS) is 12.4. The summed E-state index contributed by atoms with van der Waals surface area (Å²) in [5.41, 5.74) is 0.786.